The Kier molecular flexibility index (Phi) is 4.07. The summed E-state index contributed by atoms with van der Waals surface area (Å²) in [6.07, 6.45) is 1.83. The van der Waals surface area contributed by atoms with E-state index in [-0.39, 0.29) is 0 Å². The van der Waals surface area contributed by atoms with Gasteiger partial charge in [-0.05, 0) is 36.9 Å². The van der Waals surface area contributed by atoms with Crippen LogP contribution in [0.25, 0.3) is 21.8 Å². The number of nitrogens with zero attached hydrogens (tertiary/aromatic N) is 3. The average molecular weight is 332 g/mol. The lowest BCUT2D eigenvalue weighted by Crippen LogP contribution is -2.17. The Morgan fingerprint density at radius 3 is 2.80 bits per heavy atom. The zero-order chi connectivity index (χ0) is 17.2. The highest BCUT2D eigenvalue weighted by Gasteiger charge is 2.10. The van der Waals surface area contributed by atoms with Crippen molar-refractivity contribution in [3.8, 4) is 5.75 Å². The number of methoxy groups -OCH3 is 1. The number of aromatic nitrogens is 3. The zero-order valence-corrected chi connectivity index (χ0v) is 14.4. The fraction of sp³-hybridized carbons (Fsp3) is 0.200. The minimum atomic E-state index is 0.791. The number of pyridine rings is 1. The van der Waals surface area contributed by atoms with Crippen molar-refractivity contribution in [1.82, 2.24) is 20.1 Å². The van der Waals surface area contributed by atoms with Gasteiger partial charge in [-0.2, -0.15) is 5.10 Å². The van der Waals surface area contributed by atoms with Crippen LogP contribution in [0.4, 0.5) is 0 Å². The molecule has 0 radical (unpaired) electrons. The molecule has 0 aliphatic carbocycles. The molecule has 5 heteroatoms. The Hall–Kier alpha value is -2.92. The highest BCUT2D eigenvalue weighted by atomic mass is 16.5. The fourth-order valence-corrected chi connectivity index (χ4v) is 3.22. The number of hydrogen-bond donors (Lipinski definition) is 1. The van der Waals surface area contributed by atoms with Gasteiger partial charge in [0.05, 0.1) is 23.8 Å². The molecule has 0 aliphatic heterocycles. The van der Waals surface area contributed by atoms with Gasteiger partial charge in [0.15, 0.2) is 0 Å². The number of aromatic amines is 1. The molecule has 0 unspecified atom stereocenters. The Labute approximate surface area is 146 Å². The molecule has 0 atom stereocenters. The van der Waals surface area contributed by atoms with Gasteiger partial charge in [0.1, 0.15) is 5.75 Å². The second-order valence-electron chi connectivity index (χ2n) is 6.24. The molecule has 126 valence electrons. The van der Waals surface area contributed by atoms with E-state index in [1.165, 1.54) is 10.9 Å². The molecule has 0 amide bonds. The standard InChI is InChI=1S/C20H20N4O/c1-24(12-14-5-3-7-18-16(14)6-4-10-21-18)13-20-17-9-8-15(25-2)11-19(17)22-23-20/h3-11H,12-13H2,1-2H3,(H,22,23). The molecule has 4 aromatic rings. The van der Waals surface area contributed by atoms with Crippen LogP contribution >= 0.6 is 0 Å². The van der Waals surface area contributed by atoms with Gasteiger partial charge in [0, 0.05) is 36.1 Å². The second-order valence-corrected chi connectivity index (χ2v) is 6.24. The van der Waals surface area contributed by atoms with Crippen LogP contribution in [-0.2, 0) is 13.1 Å². The third kappa shape index (κ3) is 3.06. The van der Waals surface area contributed by atoms with Crippen LogP contribution in [0.15, 0.2) is 54.7 Å². The fourth-order valence-electron chi connectivity index (χ4n) is 3.22. The number of nitrogens with one attached hydrogen (secondary N) is 1. The average Bonchev–Trinajstić information content (AvgIpc) is 3.04. The summed E-state index contributed by atoms with van der Waals surface area (Å²) in [6.45, 7) is 1.64. The van der Waals surface area contributed by atoms with Crippen LogP contribution in [0.3, 0.4) is 0 Å². The largest absolute Gasteiger partial charge is 0.497 e. The molecule has 2 heterocycles. The summed E-state index contributed by atoms with van der Waals surface area (Å²) in [7, 11) is 3.78. The molecular formula is C20H20N4O. The van der Waals surface area contributed by atoms with Crippen molar-refractivity contribution in [3.63, 3.8) is 0 Å². The smallest absolute Gasteiger partial charge is 0.121 e. The minimum Gasteiger partial charge on any atom is -0.497 e. The van der Waals surface area contributed by atoms with Crippen molar-refractivity contribution < 1.29 is 4.74 Å². The maximum absolute atomic E-state index is 5.26. The van der Waals surface area contributed by atoms with Gasteiger partial charge >= 0.3 is 0 Å². The lowest BCUT2D eigenvalue weighted by Gasteiger charge is -2.17. The summed E-state index contributed by atoms with van der Waals surface area (Å²) in [5.74, 6) is 0.821. The molecule has 4 rings (SSSR count). The van der Waals surface area contributed by atoms with Crippen molar-refractivity contribution in [3.05, 3.63) is 66.0 Å². The quantitative estimate of drug-likeness (QED) is 0.605. The second kappa shape index (κ2) is 6.53. The number of H-pyrrole nitrogens is 1. The first kappa shape index (κ1) is 15.6. The van der Waals surface area contributed by atoms with Gasteiger partial charge in [-0.25, -0.2) is 0 Å². The number of rotatable bonds is 5. The van der Waals surface area contributed by atoms with Gasteiger partial charge in [-0.15, -0.1) is 0 Å². The lowest BCUT2D eigenvalue weighted by atomic mass is 10.1. The number of ether oxygens (including phenoxy) is 1. The van der Waals surface area contributed by atoms with E-state index in [1.54, 1.807) is 7.11 Å². The summed E-state index contributed by atoms with van der Waals surface area (Å²) < 4.78 is 5.26. The van der Waals surface area contributed by atoms with Crippen LogP contribution in [0.1, 0.15) is 11.3 Å². The first-order valence-electron chi connectivity index (χ1n) is 8.27. The van der Waals surface area contributed by atoms with Crippen LogP contribution in [-0.4, -0.2) is 34.2 Å². The van der Waals surface area contributed by atoms with E-state index in [1.807, 2.05) is 24.4 Å². The number of fused-ring (bicyclic) bond motifs is 2. The third-order valence-electron chi connectivity index (χ3n) is 4.45. The predicted octanol–water partition coefficient (Wildman–Crippen LogP) is 3.75. The van der Waals surface area contributed by atoms with Crippen LogP contribution in [0.2, 0.25) is 0 Å². The Bertz CT molecular complexity index is 1020. The van der Waals surface area contributed by atoms with Gasteiger partial charge in [0.25, 0.3) is 0 Å². The predicted molar refractivity (Wildman–Crippen MR) is 99.6 cm³/mol. The first-order chi connectivity index (χ1) is 12.2. The third-order valence-corrected chi connectivity index (χ3v) is 4.45. The molecular weight excluding hydrogens is 312 g/mol. The topological polar surface area (TPSA) is 54.0 Å². The monoisotopic (exact) mass is 332 g/mol. The SMILES string of the molecule is COc1ccc2c(CN(C)Cc3cccc4ncccc34)[nH]nc2c1. The van der Waals surface area contributed by atoms with Crippen LogP contribution in [0.5, 0.6) is 5.75 Å². The maximum atomic E-state index is 5.26. The number of benzene rings is 2. The Balaban J connectivity index is 1.57. The van der Waals surface area contributed by atoms with E-state index in [0.717, 1.165) is 41.0 Å². The summed E-state index contributed by atoms with van der Waals surface area (Å²) in [5, 5.41) is 9.89. The van der Waals surface area contributed by atoms with Crippen molar-refractivity contribution in [2.24, 2.45) is 0 Å². The van der Waals surface area contributed by atoms with Gasteiger partial charge in [0.2, 0.25) is 0 Å². The maximum Gasteiger partial charge on any atom is 0.121 e. The summed E-state index contributed by atoms with van der Waals surface area (Å²) in [4.78, 5) is 6.71. The molecule has 2 aromatic heterocycles. The normalized spacial score (nSPS) is 11.5. The molecule has 5 nitrogen and oxygen atoms in total. The van der Waals surface area contributed by atoms with Crippen LogP contribution in [0, 0.1) is 0 Å². The van der Waals surface area contributed by atoms with Crippen molar-refractivity contribution in [1.29, 1.82) is 0 Å². The zero-order valence-electron chi connectivity index (χ0n) is 14.4. The van der Waals surface area contributed by atoms with E-state index < -0.39 is 0 Å². The molecule has 0 saturated carbocycles. The molecule has 0 fully saturated rings. The summed E-state index contributed by atoms with van der Waals surface area (Å²) in [5.41, 5.74) is 4.35. The lowest BCUT2D eigenvalue weighted by molar-refractivity contribution is 0.317. The molecule has 0 spiro atoms. The van der Waals surface area contributed by atoms with E-state index >= 15 is 0 Å². The van der Waals surface area contributed by atoms with Gasteiger partial charge in [-0.3, -0.25) is 15.0 Å². The Morgan fingerprint density at radius 1 is 1.00 bits per heavy atom. The number of hydrogen-bond acceptors (Lipinski definition) is 4. The molecule has 25 heavy (non-hydrogen) atoms. The minimum absolute atomic E-state index is 0.791. The highest BCUT2D eigenvalue weighted by Crippen LogP contribution is 2.23. The molecule has 0 aliphatic rings. The summed E-state index contributed by atoms with van der Waals surface area (Å²) in [6, 6.07) is 16.4. The van der Waals surface area contributed by atoms with E-state index in [2.05, 4.69) is 57.5 Å². The van der Waals surface area contributed by atoms with Gasteiger partial charge < -0.3 is 4.74 Å². The Morgan fingerprint density at radius 2 is 1.92 bits per heavy atom. The molecule has 0 saturated heterocycles. The molecule has 2 aromatic carbocycles. The van der Waals surface area contributed by atoms with E-state index in [4.69, 9.17) is 4.74 Å². The molecule has 0 bridgehead atoms. The molecule has 1 N–H and O–H groups in total. The van der Waals surface area contributed by atoms with Crippen molar-refractivity contribution in [2.45, 2.75) is 13.1 Å². The van der Waals surface area contributed by atoms with Crippen molar-refractivity contribution >= 4 is 21.8 Å². The van der Waals surface area contributed by atoms with Crippen molar-refractivity contribution in [2.75, 3.05) is 14.2 Å². The van der Waals surface area contributed by atoms with Crippen LogP contribution < -0.4 is 4.74 Å². The first-order valence-corrected chi connectivity index (χ1v) is 8.27. The van der Waals surface area contributed by atoms with Gasteiger partial charge in [-0.1, -0.05) is 18.2 Å². The highest BCUT2D eigenvalue weighted by molar-refractivity contribution is 5.83. The summed E-state index contributed by atoms with van der Waals surface area (Å²) >= 11 is 0. The van der Waals surface area contributed by atoms with E-state index in [9.17, 15) is 0 Å². The van der Waals surface area contributed by atoms with E-state index in [0.29, 0.717) is 0 Å².